The minimum atomic E-state index is -0.339. The molecular formula is C16H21N3O2. The molecule has 1 aliphatic carbocycles. The third-order valence-corrected chi connectivity index (χ3v) is 3.95. The van der Waals surface area contributed by atoms with Gasteiger partial charge in [-0.05, 0) is 44.7 Å². The summed E-state index contributed by atoms with van der Waals surface area (Å²) in [4.78, 5) is 4.41. The van der Waals surface area contributed by atoms with Crippen LogP contribution in [0.5, 0.6) is 0 Å². The van der Waals surface area contributed by atoms with E-state index in [1.165, 1.54) is 12.0 Å². The molecule has 1 aliphatic rings. The summed E-state index contributed by atoms with van der Waals surface area (Å²) in [5.74, 6) is 1.02. The Morgan fingerprint density at radius 1 is 1.38 bits per heavy atom. The van der Waals surface area contributed by atoms with Crippen LogP contribution in [0.2, 0.25) is 0 Å². The third kappa shape index (κ3) is 3.14. The average Bonchev–Trinajstić information content (AvgIpc) is 2.86. The Morgan fingerprint density at radius 3 is 2.86 bits per heavy atom. The molecule has 0 aliphatic heterocycles. The number of nitrogens with two attached hydrogens (primary N) is 1. The maximum Gasteiger partial charge on any atom is 0.258 e. The summed E-state index contributed by atoms with van der Waals surface area (Å²) in [6, 6.07) is 5.79. The van der Waals surface area contributed by atoms with Crippen molar-refractivity contribution in [3.63, 3.8) is 0 Å². The highest BCUT2D eigenvalue weighted by Gasteiger charge is 2.21. The first-order valence-electron chi connectivity index (χ1n) is 7.42. The Kier molecular flexibility index (Phi) is 4.03. The molecule has 0 amide bonds. The standard InChI is InChI=1S/C16H21N3O2/c1-10-6-7-13(11(2)8-10)16-18-15(19-21-16)14(17)9-20-12-4-3-5-12/h6-8,12,14H,3-5,9,17H2,1-2H3. The highest BCUT2D eigenvalue weighted by molar-refractivity contribution is 5.58. The van der Waals surface area contributed by atoms with Gasteiger partial charge in [-0.2, -0.15) is 4.98 Å². The Labute approximate surface area is 124 Å². The zero-order chi connectivity index (χ0) is 14.8. The van der Waals surface area contributed by atoms with Gasteiger partial charge in [0.1, 0.15) is 0 Å². The molecule has 5 nitrogen and oxygen atoms in total. The highest BCUT2D eigenvalue weighted by atomic mass is 16.5. The predicted molar refractivity (Wildman–Crippen MR) is 79.7 cm³/mol. The largest absolute Gasteiger partial charge is 0.376 e. The van der Waals surface area contributed by atoms with Crippen molar-refractivity contribution in [2.45, 2.75) is 45.3 Å². The lowest BCUT2D eigenvalue weighted by Gasteiger charge is -2.26. The van der Waals surface area contributed by atoms with Crippen LogP contribution in [-0.2, 0) is 4.74 Å². The van der Waals surface area contributed by atoms with Crippen LogP contribution in [0.25, 0.3) is 11.5 Å². The minimum absolute atomic E-state index is 0.339. The molecule has 5 heteroatoms. The van der Waals surface area contributed by atoms with Crippen molar-refractivity contribution in [1.82, 2.24) is 10.1 Å². The molecule has 1 saturated carbocycles. The maximum atomic E-state index is 6.07. The van der Waals surface area contributed by atoms with Gasteiger partial charge in [0.15, 0.2) is 5.82 Å². The molecule has 2 N–H and O–H groups in total. The summed E-state index contributed by atoms with van der Waals surface area (Å²) in [5, 5.41) is 3.99. The molecule has 1 atom stereocenters. The third-order valence-electron chi connectivity index (χ3n) is 3.95. The molecule has 112 valence electrons. The van der Waals surface area contributed by atoms with E-state index in [2.05, 4.69) is 23.1 Å². The molecular weight excluding hydrogens is 266 g/mol. The summed E-state index contributed by atoms with van der Waals surface area (Å²) in [5.41, 5.74) is 9.34. The number of ether oxygens (including phenoxy) is 1. The summed E-state index contributed by atoms with van der Waals surface area (Å²) in [6.45, 7) is 4.53. The van der Waals surface area contributed by atoms with Crippen molar-refractivity contribution in [2.24, 2.45) is 5.73 Å². The van der Waals surface area contributed by atoms with E-state index in [4.69, 9.17) is 15.0 Å². The first kappa shape index (κ1) is 14.2. The van der Waals surface area contributed by atoms with Crippen molar-refractivity contribution >= 4 is 0 Å². The molecule has 0 bridgehead atoms. The van der Waals surface area contributed by atoms with Gasteiger partial charge in [-0.25, -0.2) is 0 Å². The minimum Gasteiger partial charge on any atom is -0.376 e. The predicted octanol–water partition coefficient (Wildman–Crippen LogP) is 2.92. The Morgan fingerprint density at radius 2 is 2.19 bits per heavy atom. The molecule has 1 aromatic carbocycles. The fourth-order valence-electron chi connectivity index (χ4n) is 2.40. The lowest BCUT2D eigenvalue weighted by atomic mass is 9.96. The maximum absolute atomic E-state index is 6.07. The number of rotatable bonds is 5. The lowest BCUT2D eigenvalue weighted by molar-refractivity contribution is -0.00549. The van der Waals surface area contributed by atoms with Gasteiger partial charge in [-0.3, -0.25) is 0 Å². The van der Waals surface area contributed by atoms with Crippen LogP contribution in [0.15, 0.2) is 22.7 Å². The zero-order valence-electron chi connectivity index (χ0n) is 12.5. The highest BCUT2D eigenvalue weighted by Crippen LogP contribution is 2.25. The van der Waals surface area contributed by atoms with E-state index in [-0.39, 0.29) is 6.04 Å². The van der Waals surface area contributed by atoms with E-state index in [0.29, 0.717) is 24.4 Å². The van der Waals surface area contributed by atoms with Crippen LogP contribution in [0.4, 0.5) is 0 Å². The van der Waals surface area contributed by atoms with E-state index in [1.807, 2.05) is 19.1 Å². The summed E-state index contributed by atoms with van der Waals surface area (Å²) in [6.07, 6.45) is 3.88. The number of nitrogens with zero attached hydrogens (tertiary/aromatic N) is 2. The van der Waals surface area contributed by atoms with E-state index in [0.717, 1.165) is 24.0 Å². The fraction of sp³-hybridized carbons (Fsp3) is 0.500. The van der Waals surface area contributed by atoms with Crippen LogP contribution >= 0.6 is 0 Å². The van der Waals surface area contributed by atoms with E-state index < -0.39 is 0 Å². The van der Waals surface area contributed by atoms with Gasteiger partial charge < -0.3 is 15.0 Å². The van der Waals surface area contributed by atoms with Crippen LogP contribution in [0.3, 0.4) is 0 Å². The smallest absolute Gasteiger partial charge is 0.258 e. The molecule has 0 saturated heterocycles. The molecule has 0 radical (unpaired) electrons. The van der Waals surface area contributed by atoms with Crippen molar-refractivity contribution in [1.29, 1.82) is 0 Å². The first-order chi connectivity index (χ1) is 10.1. The number of benzene rings is 1. The Balaban J connectivity index is 1.69. The quantitative estimate of drug-likeness (QED) is 0.915. The van der Waals surface area contributed by atoms with Gasteiger partial charge in [0.2, 0.25) is 0 Å². The van der Waals surface area contributed by atoms with Gasteiger partial charge >= 0.3 is 0 Å². The second-order valence-corrected chi connectivity index (χ2v) is 5.77. The van der Waals surface area contributed by atoms with Gasteiger partial charge in [0.05, 0.1) is 18.8 Å². The van der Waals surface area contributed by atoms with Crippen LogP contribution < -0.4 is 5.73 Å². The summed E-state index contributed by atoms with van der Waals surface area (Å²) >= 11 is 0. The van der Waals surface area contributed by atoms with Gasteiger partial charge in [-0.1, -0.05) is 22.9 Å². The van der Waals surface area contributed by atoms with Crippen LogP contribution in [-0.4, -0.2) is 22.9 Å². The number of hydrogen-bond acceptors (Lipinski definition) is 5. The van der Waals surface area contributed by atoms with E-state index >= 15 is 0 Å². The second kappa shape index (κ2) is 5.95. The number of aryl methyl sites for hydroxylation is 2. The SMILES string of the molecule is Cc1ccc(-c2nc(C(N)COC3CCC3)no2)c(C)c1. The molecule has 3 rings (SSSR count). The molecule has 1 aromatic heterocycles. The molecule has 1 fully saturated rings. The van der Waals surface area contributed by atoms with Crippen molar-refractivity contribution in [3.8, 4) is 11.5 Å². The number of aromatic nitrogens is 2. The first-order valence-corrected chi connectivity index (χ1v) is 7.42. The molecule has 1 unspecified atom stereocenters. The zero-order valence-corrected chi connectivity index (χ0v) is 12.5. The lowest BCUT2D eigenvalue weighted by Crippen LogP contribution is -2.27. The molecule has 21 heavy (non-hydrogen) atoms. The second-order valence-electron chi connectivity index (χ2n) is 5.77. The molecule has 2 aromatic rings. The van der Waals surface area contributed by atoms with Crippen molar-refractivity contribution in [2.75, 3.05) is 6.61 Å². The topological polar surface area (TPSA) is 74.2 Å². The number of hydrogen-bond donors (Lipinski definition) is 1. The van der Waals surface area contributed by atoms with Crippen LogP contribution in [0.1, 0.15) is 42.3 Å². The van der Waals surface area contributed by atoms with Gasteiger partial charge in [-0.15, -0.1) is 0 Å². The van der Waals surface area contributed by atoms with Gasteiger partial charge in [0.25, 0.3) is 5.89 Å². The van der Waals surface area contributed by atoms with Gasteiger partial charge in [0, 0.05) is 5.56 Å². The normalized spacial score (nSPS) is 16.7. The fourth-order valence-corrected chi connectivity index (χ4v) is 2.40. The summed E-state index contributed by atoms with van der Waals surface area (Å²) < 4.78 is 11.0. The Hall–Kier alpha value is -1.72. The molecule has 0 spiro atoms. The summed E-state index contributed by atoms with van der Waals surface area (Å²) in [7, 11) is 0. The molecule has 1 heterocycles. The Bertz CT molecular complexity index is 620. The van der Waals surface area contributed by atoms with Crippen molar-refractivity contribution < 1.29 is 9.26 Å². The van der Waals surface area contributed by atoms with Crippen molar-refractivity contribution in [3.05, 3.63) is 35.2 Å². The van der Waals surface area contributed by atoms with E-state index in [9.17, 15) is 0 Å². The average molecular weight is 287 g/mol. The van der Waals surface area contributed by atoms with Crippen LogP contribution in [0, 0.1) is 13.8 Å². The monoisotopic (exact) mass is 287 g/mol. The van der Waals surface area contributed by atoms with E-state index in [1.54, 1.807) is 0 Å².